The molecule has 2 N–H and O–H groups in total. The average molecular weight is 164 g/mol. The average Bonchev–Trinajstić information content (AvgIpc) is 2.46. The van der Waals surface area contributed by atoms with Gasteiger partial charge < -0.3 is 10.6 Å². The minimum atomic E-state index is -0.599. The van der Waals surface area contributed by atoms with Crippen LogP contribution in [0.15, 0.2) is 35.8 Å². The summed E-state index contributed by atoms with van der Waals surface area (Å²) in [6, 6.07) is -0.599. The number of hydrogen-bond acceptors (Lipinski definition) is 2. The van der Waals surface area contributed by atoms with E-state index in [4.69, 9.17) is 10.6 Å². The first-order valence-corrected chi connectivity index (χ1v) is 3.62. The number of carbonyl (C=O) groups excluding carboxylic acids is 1. The van der Waals surface area contributed by atoms with Crippen molar-refractivity contribution in [3.63, 3.8) is 0 Å². The smallest absolute Gasteiger partial charge is 0.352 e. The van der Waals surface area contributed by atoms with E-state index in [2.05, 4.69) is 0 Å². The molecule has 4 nitrogen and oxygen atoms in total. The third-order valence-corrected chi connectivity index (χ3v) is 1.72. The van der Waals surface area contributed by atoms with Gasteiger partial charge in [0, 0.05) is 5.57 Å². The minimum absolute atomic E-state index is 0.599. The topological polar surface area (TPSA) is 55.6 Å². The van der Waals surface area contributed by atoms with Crippen LogP contribution in [-0.2, 0) is 4.84 Å². The van der Waals surface area contributed by atoms with Crippen molar-refractivity contribution in [1.82, 2.24) is 5.06 Å². The van der Waals surface area contributed by atoms with Gasteiger partial charge in [0.25, 0.3) is 0 Å². The molecular formula is C8H8N2O2. The van der Waals surface area contributed by atoms with Crippen molar-refractivity contribution in [2.45, 2.75) is 6.42 Å². The van der Waals surface area contributed by atoms with Gasteiger partial charge in [-0.3, -0.25) is 0 Å². The fourth-order valence-electron chi connectivity index (χ4n) is 1.15. The Balaban J connectivity index is 2.25. The number of hydroxylamine groups is 2. The van der Waals surface area contributed by atoms with Crippen molar-refractivity contribution >= 4 is 6.03 Å². The van der Waals surface area contributed by atoms with E-state index >= 15 is 0 Å². The van der Waals surface area contributed by atoms with Crippen LogP contribution in [0, 0.1) is 0 Å². The predicted octanol–water partition coefficient (Wildman–Crippen LogP) is 1.04. The summed E-state index contributed by atoms with van der Waals surface area (Å²) in [5.74, 6) is 0.705. The maximum Gasteiger partial charge on any atom is 0.352 e. The molecule has 0 spiro atoms. The van der Waals surface area contributed by atoms with Crippen LogP contribution >= 0.6 is 0 Å². The highest BCUT2D eigenvalue weighted by atomic mass is 16.7. The second-order valence-electron chi connectivity index (χ2n) is 2.57. The summed E-state index contributed by atoms with van der Waals surface area (Å²) in [6.07, 6.45) is 8.08. The van der Waals surface area contributed by atoms with Crippen LogP contribution in [0.3, 0.4) is 0 Å². The van der Waals surface area contributed by atoms with Crippen molar-refractivity contribution in [2.24, 2.45) is 5.73 Å². The minimum Gasteiger partial charge on any atom is -0.371 e. The van der Waals surface area contributed by atoms with Crippen LogP contribution in [0.4, 0.5) is 4.79 Å². The molecule has 62 valence electrons. The van der Waals surface area contributed by atoms with Gasteiger partial charge in [0.2, 0.25) is 0 Å². The van der Waals surface area contributed by atoms with Gasteiger partial charge in [0.1, 0.15) is 0 Å². The molecule has 12 heavy (non-hydrogen) atoms. The molecule has 4 heteroatoms. The molecule has 0 saturated carbocycles. The Labute approximate surface area is 69.5 Å². The Hall–Kier alpha value is -1.71. The monoisotopic (exact) mass is 164 g/mol. The van der Waals surface area contributed by atoms with Crippen LogP contribution in [0.5, 0.6) is 0 Å². The Morgan fingerprint density at radius 1 is 1.67 bits per heavy atom. The molecule has 1 aliphatic carbocycles. The number of carbonyl (C=O) groups is 1. The lowest BCUT2D eigenvalue weighted by Gasteiger charge is -2.09. The maximum atomic E-state index is 10.7. The molecule has 0 unspecified atom stereocenters. The van der Waals surface area contributed by atoms with Crippen LogP contribution in [0.2, 0.25) is 0 Å². The summed E-state index contributed by atoms with van der Waals surface area (Å²) in [5, 5.41) is 1.04. The van der Waals surface area contributed by atoms with Crippen LogP contribution in [0.25, 0.3) is 0 Å². The summed E-state index contributed by atoms with van der Waals surface area (Å²) < 4.78 is 0. The number of nitrogens with zero attached hydrogens (tertiary/aromatic N) is 1. The number of urea groups is 1. The lowest BCUT2D eigenvalue weighted by molar-refractivity contribution is -0.00961. The Bertz CT molecular complexity index is 315. The molecule has 0 radical (unpaired) electrons. The third kappa shape index (κ3) is 0.972. The summed E-state index contributed by atoms with van der Waals surface area (Å²) >= 11 is 0. The fraction of sp³-hybridized carbons (Fsp3) is 0.125. The summed E-state index contributed by atoms with van der Waals surface area (Å²) in [4.78, 5) is 15.8. The molecule has 1 heterocycles. The predicted molar refractivity (Wildman–Crippen MR) is 42.4 cm³/mol. The lowest BCUT2D eigenvalue weighted by Crippen LogP contribution is -2.28. The lowest BCUT2D eigenvalue weighted by atomic mass is 10.1. The van der Waals surface area contributed by atoms with E-state index < -0.39 is 6.03 Å². The quantitative estimate of drug-likeness (QED) is 0.581. The van der Waals surface area contributed by atoms with Gasteiger partial charge in [-0.05, 0) is 12.5 Å². The standard InChI is InChI=1S/C8H8N2O2/c9-8(11)10-5-6-3-1-2-4-7(6)12-10/h1-2,4-5H,3H2,(H2,9,11). The molecule has 2 amide bonds. The largest absolute Gasteiger partial charge is 0.371 e. The molecule has 0 bridgehead atoms. The van der Waals surface area contributed by atoms with Crippen molar-refractivity contribution < 1.29 is 9.63 Å². The highest BCUT2D eigenvalue weighted by Crippen LogP contribution is 2.27. The fourth-order valence-corrected chi connectivity index (χ4v) is 1.15. The summed E-state index contributed by atoms with van der Waals surface area (Å²) in [7, 11) is 0. The van der Waals surface area contributed by atoms with Gasteiger partial charge in [-0.1, -0.05) is 12.2 Å². The van der Waals surface area contributed by atoms with E-state index in [-0.39, 0.29) is 0 Å². The van der Waals surface area contributed by atoms with E-state index in [9.17, 15) is 4.79 Å². The third-order valence-electron chi connectivity index (χ3n) is 1.72. The van der Waals surface area contributed by atoms with Crippen LogP contribution in [-0.4, -0.2) is 11.1 Å². The molecule has 2 rings (SSSR count). The Morgan fingerprint density at radius 2 is 2.50 bits per heavy atom. The van der Waals surface area contributed by atoms with E-state index in [0.717, 1.165) is 17.1 Å². The molecule has 0 aromatic rings. The van der Waals surface area contributed by atoms with Gasteiger partial charge in [-0.25, -0.2) is 4.79 Å². The molecule has 2 aliphatic rings. The zero-order chi connectivity index (χ0) is 8.55. The molecule has 0 aromatic heterocycles. The summed E-state index contributed by atoms with van der Waals surface area (Å²) in [6.45, 7) is 0. The second kappa shape index (κ2) is 2.41. The Kier molecular flexibility index (Phi) is 1.40. The van der Waals surface area contributed by atoms with Crippen LogP contribution < -0.4 is 5.73 Å². The van der Waals surface area contributed by atoms with E-state index in [1.165, 1.54) is 0 Å². The number of amides is 2. The molecule has 0 atom stereocenters. The maximum absolute atomic E-state index is 10.7. The second-order valence-corrected chi connectivity index (χ2v) is 2.57. The zero-order valence-corrected chi connectivity index (χ0v) is 6.36. The van der Waals surface area contributed by atoms with Gasteiger partial charge >= 0.3 is 6.03 Å². The number of allylic oxidation sites excluding steroid dienone is 4. The Morgan fingerprint density at radius 3 is 3.17 bits per heavy atom. The first-order chi connectivity index (χ1) is 5.77. The normalized spacial score (nSPS) is 19.5. The number of nitrogens with two attached hydrogens (primary N) is 1. The molecule has 0 saturated heterocycles. The molecular weight excluding hydrogens is 156 g/mol. The van der Waals surface area contributed by atoms with Crippen molar-refractivity contribution in [1.29, 1.82) is 0 Å². The van der Waals surface area contributed by atoms with Gasteiger partial charge in [-0.15, -0.1) is 5.06 Å². The first-order valence-electron chi connectivity index (χ1n) is 3.62. The van der Waals surface area contributed by atoms with E-state index in [1.54, 1.807) is 12.3 Å². The molecule has 0 aromatic carbocycles. The molecule has 1 aliphatic heterocycles. The van der Waals surface area contributed by atoms with Gasteiger partial charge in [0.05, 0.1) is 6.20 Å². The van der Waals surface area contributed by atoms with Gasteiger partial charge in [-0.2, -0.15) is 0 Å². The zero-order valence-electron chi connectivity index (χ0n) is 6.36. The van der Waals surface area contributed by atoms with Crippen molar-refractivity contribution in [3.05, 3.63) is 35.8 Å². The van der Waals surface area contributed by atoms with E-state index in [1.807, 2.05) is 12.2 Å². The number of hydrogen-bond donors (Lipinski definition) is 1. The highest BCUT2D eigenvalue weighted by Gasteiger charge is 2.23. The van der Waals surface area contributed by atoms with Crippen molar-refractivity contribution in [3.8, 4) is 0 Å². The van der Waals surface area contributed by atoms with Crippen molar-refractivity contribution in [2.75, 3.05) is 0 Å². The van der Waals surface area contributed by atoms with E-state index in [0.29, 0.717) is 5.76 Å². The number of rotatable bonds is 0. The molecule has 0 fully saturated rings. The highest BCUT2D eigenvalue weighted by molar-refractivity contribution is 5.73. The van der Waals surface area contributed by atoms with Gasteiger partial charge in [0.15, 0.2) is 5.76 Å². The summed E-state index contributed by atoms with van der Waals surface area (Å²) in [5.41, 5.74) is 6.00. The number of primary amides is 1. The number of fused-ring (bicyclic) bond motifs is 1. The SMILES string of the molecule is NC(=O)N1C=C2CC=CC=C2O1. The van der Waals surface area contributed by atoms with Crippen LogP contribution in [0.1, 0.15) is 6.42 Å². The first kappa shape index (κ1) is 6.97.